The number of aromatic nitrogens is 1. The van der Waals surface area contributed by atoms with Crippen LogP contribution < -0.4 is 14.8 Å². The molecule has 1 aromatic heterocycles. The molecule has 0 fully saturated rings. The molecule has 3 rings (SSSR count). The van der Waals surface area contributed by atoms with E-state index in [0.717, 1.165) is 21.9 Å². The van der Waals surface area contributed by atoms with Gasteiger partial charge in [0.15, 0.2) is 10.9 Å². The van der Waals surface area contributed by atoms with Crippen LogP contribution >= 0.6 is 11.3 Å². The maximum Gasteiger partial charge on any atom is 0.230 e. The molecule has 1 amide bonds. The van der Waals surface area contributed by atoms with Crippen molar-refractivity contribution in [1.29, 1.82) is 0 Å². The molecular formula is C22H22N2O4S. The standard InChI is InChI=1S/C22H22N2O4S/c1-13(25)16-7-10-19(28-4)17(11-16)12-20(26)23-22-24-21(14(2)29-22)15-5-8-18(27-3)9-6-15/h5-11H,12H2,1-4H3,(H,23,24,26). The number of nitrogens with zero attached hydrogens (tertiary/aromatic N) is 1. The molecule has 1 heterocycles. The van der Waals surface area contributed by atoms with Gasteiger partial charge in [0.1, 0.15) is 11.5 Å². The third-order valence-corrected chi connectivity index (χ3v) is 5.33. The van der Waals surface area contributed by atoms with Crippen LogP contribution in [0.25, 0.3) is 11.3 Å². The summed E-state index contributed by atoms with van der Waals surface area (Å²) in [6.45, 7) is 3.46. The Morgan fingerprint density at radius 1 is 1.07 bits per heavy atom. The van der Waals surface area contributed by atoms with Gasteiger partial charge < -0.3 is 14.8 Å². The van der Waals surface area contributed by atoms with Gasteiger partial charge in [0, 0.05) is 21.6 Å². The van der Waals surface area contributed by atoms with E-state index in [1.165, 1.54) is 25.4 Å². The number of nitrogens with one attached hydrogen (secondary N) is 1. The van der Waals surface area contributed by atoms with Crippen LogP contribution in [0.15, 0.2) is 42.5 Å². The van der Waals surface area contributed by atoms with E-state index in [9.17, 15) is 9.59 Å². The Balaban J connectivity index is 1.76. The molecule has 6 nitrogen and oxygen atoms in total. The Morgan fingerprint density at radius 3 is 2.41 bits per heavy atom. The molecule has 150 valence electrons. The van der Waals surface area contributed by atoms with Gasteiger partial charge in [-0.25, -0.2) is 4.98 Å². The van der Waals surface area contributed by atoms with Crippen LogP contribution in [0, 0.1) is 6.92 Å². The zero-order valence-corrected chi connectivity index (χ0v) is 17.6. The number of ketones is 1. The lowest BCUT2D eigenvalue weighted by Crippen LogP contribution is -2.15. The van der Waals surface area contributed by atoms with Crippen molar-refractivity contribution in [2.45, 2.75) is 20.3 Å². The predicted octanol–water partition coefficient (Wildman–Crippen LogP) is 4.52. The summed E-state index contributed by atoms with van der Waals surface area (Å²) in [7, 11) is 3.16. The van der Waals surface area contributed by atoms with Crippen LogP contribution in [0.5, 0.6) is 11.5 Å². The lowest BCUT2D eigenvalue weighted by molar-refractivity contribution is -0.115. The minimum atomic E-state index is -0.223. The van der Waals surface area contributed by atoms with Gasteiger partial charge in [-0.2, -0.15) is 0 Å². The first-order chi connectivity index (χ1) is 13.9. The van der Waals surface area contributed by atoms with Crippen molar-refractivity contribution >= 4 is 28.2 Å². The van der Waals surface area contributed by atoms with E-state index in [-0.39, 0.29) is 18.1 Å². The summed E-state index contributed by atoms with van der Waals surface area (Å²) in [5, 5.41) is 3.38. The highest BCUT2D eigenvalue weighted by Gasteiger charge is 2.15. The fourth-order valence-electron chi connectivity index (χ4n) is 2.94. The van der Waals surface area contributed by atoms with Crippen molar-refractivity contribution < 1.29 is 19.1 Å². The number of rotatable bonds is 7. The molecule has 0 atom stereocenters. The van der Waals surface area contributed by atoms with Crippen molar-refractivity contribution in [3.05, 3.63) is 58.5 Å². The fraction of sp³-hybridized carbons (Fsp3) is 0.227. The van der Waals surface area contributed by atoms with Crippen molar-refractivity contribution in [2.24, 2.45) is 0 Å². The number of benzene rings is 2. The van der Waals surface area contributed by atoms with E-state index < -0.39 is 0 Å². The molecule has 7 heteroatoms. The summed E-state index contributed by atoms with van der Waals surface area (Å²) in [5.74, 6) is 1.06. The highest BCUT2D eigenvalue weighted by molar-refractivity contribution is 7.16. The molecular weight excluding hydrogens is 388 g/mol. The Kier molecular flexibility index (Phi) is 6.29. The van der Waals surface area contributed by atoms with E-state index in [1.54, 1.807) is 25.3 Å². The van der Waals surface area contributed by atoms with Crippen molar-refractivity contribution in [1.82, 2.24) is 4.98 Å². The molecule has 0 aliphatic heterocycles. The predicted molar refractivity (Wildman–Crippen MR) is 114 cm³/mol. The summed E-state index contributed by atoms with van der Waals surface area (Å²) in [4.78, 5) is 29.8. The van der Waals surface area contributed by atoms with Gasteiger partial charge in [0.05, 0.1) is 26.3 Å². The molecule has 0 aliphatic carbocycles. The number of carbonyl (C=O) groups excluding carboxylic acids is 2. The topological polar surface area (TPSA) is 77.5 Å². The number of hydrogen-bond donors (Lipinski definition) is 1. The lowest BCUT2D eigenvalue weighted by Gasteiger charge is -2.09. The number of hydrogen-bond acceptors (Lipinski definition) is 6. The molecule has 1 N–H and O–H groups in total. The number of methoxy groups -OCH3 is 2. The van der Waals surface area contributed by atoms with Gasteiger partial charge in [-0.05, 0) is 56.3 Å². The number of carbonyl (C=O) groups is 2. The zero-order chi connectivity index (χ0) is 21.0. The number of amides is 1. The SMILES string of the molecule is COc1ccc(-c2nc(NC(=O)Cc3cc(C(C)=O)ccc3OC)sc2C)cc1. The highest BCUT2D eigenvalue weighted by Crippen LogP contribution is 2.31. The molecule has 0 unspecified atom stereocenters. The summed E-state index contributed by atoms with van der Waals surface area (Å²) >= 11 is 1.42. The summed E-state index contributed by atoms with van der Waals surface area (Å²) in [6, 6.07) is 12.7. The van der Waals surface area contributed by atoms with Crippen molar-refractivity contribution in [2.75, 3.05) is 19.5 Å². The smallest absolute Gasteiger partial charge is 0.230 e. The van der Waals surface area contributed by atoms with Gasteiger partial charge >= 0.3 is 0 Å². The second-order valence-corrected chi connectivity index (χ2v) is 7.66. The minimum Gasteiger partial charge on any atom is -0.497 e. The van der Waals surface area contributed by atoms with Crippen LogP contribution in [0.2, 0.25) is 0 Å². The first-order valence-corrected chi connectivity index (χ1v) is 9.82. The van der Waals surface area contributed by atoms with E-state index in [2.05, 4.69) is 10.3 Å². The minimum absolute atomic E-state index is 0.0611. The maximum atomic E-state index is 12.6. The number of Topliss-reactive ketones (excluding diaryl/α,β-unsaturated/α-hetero) is 1. The number of ether oxygens (including phenoxy) is 2. The van der Waals surface area contributed by atoms with Crippen LogP contribution in [-0.4, -0.2) is 30.9 Å². The van der Waals surface area contributed by atoms with E-state index in [0.29, 0.717) is 22.0 Å². The number of thiazole rings is 1. The Labute approximate surface area is 173 Å². The first-order valence-electron chi connectivity index (χ1n) is 9.00. The number of aryl methyl sites for hydroxylation is 1. The summed E-state index contributed by atoms with van der Waals surface area (Å²) in [5.41, 5.74) is 2.97. The molecule has 29 heavy (non-hydrogen) atoms. The fourth-order valence-corrected chi connectivity index (χ4v) is 3.79. The lowest BCUT2D eigenvalue weighted by atomic mass is 10.0. The number of anilines is 1. The van der Waals surface area contributed by atoms with E-state index >= 15 is 0 Å². The third kappa shape index (κ3) is 4.81. The molecule has 0 bridgehead atoms. The second-order valence-electron chi connectivity index (χ2n) is 6.46. The van der Waals surface area contributed by atoms with Crippen molar-refractivity contribution in [3.8, 4) is 22.8 Å². The van der Waals surface area contributed by atoms with Crippen LogP contribution in [0.1, 0.15) is 27.7 Å². The van der Waals surface area contributed by atoms with E-state index in [4.69, 9.17) is 9.47 Å². The maximum absolute atomic E-state index is 12.6. The molecule has 2 aromatic carbocycles. The first kappa shape index (κ1) is 20.5. The zero-order valence-electron chi connectivity index (χ0n) is 16.7. The van der Waals surface area contributed by atoms with Crippen molar-refractivity contribution in [3.63, 3.8) is 0 Å². The Bertz CT molecular complexity index is 1040. The average molecular weight is 410 g/mol. The van der Waals surface area contributed by atoms with Gasteiger partial charge in [-0.1, -0.05) is 0 Å². The largest absolute Gasteiger partial charge is 0.497 e. The van der Waals surface area contributed by atoms with Crippen LogP contribution in [0.4, 0.5) is 5.13 Å². The van der Waals surface area contributed by atoms with Gasteiger partial charge in [-0.3, -0.25) is 9.59 Å². The Hall–Kier alpha value is -3.19. The van der Waals surface area contributed by atoms with Gasteiger partial charge in [0.2, 0.25) is 5.91 Å². The Morgan fingerprint density at radius 2 is 1.79 bits per heavy atom. The molecule has 0 spiro atoms. The van der Waals surface area contributed by atoms with E-state index in [1.807, 2.05) is 31.2 Å². The van der Waals surface area contributed by atoms with Gasteiger partial charge in [0.25, 0.3) is 0 Å². The van der Waals surface area contributed by atoms with Crippen LogP contribution in [0.3, 0.4) is 0 Å². The highest BCUT2D eigenvalue weighted by atomic mass is 32.1. The summed E-state index contributed by atoms with van der Waals surface area (Å²) < 4.78 is 10.5. The quantitative estimate of drug-likeness (QED) is 0.580. The monoisotopic (exact) mass is 410 g/mol. The normalized spacial score (nSPS) is 10.5. The molecule has 0 saturated heterocycles. The molecule has 0 radical (unpaired) electrons. The molecule has 3 aromatic rings. The molecule has 0 aliphatic rings. The molecule has 0 saturated carbocycles. The van der Waals surface area contributed by atoms with Gasteiger partial charge in [-0.15, -0.1) is 11.3 Å². The van der Waals surface area contributed by atoms with Crippen LogP contribution in [-0.2, 0) is 11.2 Å². The summed E-state index contributed by atoms with van der Waals surface area (Å²) in [6.07, 6.45) is 0.0841. The second kappa shape index (κ2) is 8.87. The average Bonchev–Trinajstić information content (AvgIpc) is 3.07. The third-order valence-electron chi connectivity index (χ3n) is 4.44.